The first-order valence-electron chi connectivity index (χ1n) is 7.69. The van der Waals surface area contributed by atoms with E-state index in [1.54, 1.807) is 31.3 Å². The topological polar surface area (TPSA) is 62.4 Å². The fraction of sp³-hybridized carbons (Fsp3) is 0.167. The fourth-order valence-corrected chi connectivity index (χ4v) is 2.84. The number of halogens is 2. The number of benzene rings is 2. The standard InChI is InChI=1S/C18H19Cl2N3O2S/c1-21-14(11-24)10-18(22-17-8-3-12(19)9-16(17)20)25-15-6-4-13(5-7-15)23-26-2/h3-11,14,21-23H,1-2H3/b18-10+. The van der Waals surface area contributed by atoms with E-state index in [0.717, 1.165) is 12.0 Å². The molecule has 0 aliphatic rings. The van der Waals surface area contributed by atoms with Gasteiger partial charge in [0.1, 0.15) is 12.0 Å². The summed E-state index contributed by atoms with van der Waals surface area (Å²) in [6.45, 7) is 0. The van der Waals surface area contributed by atoms with Gasteiger partial charge in [-0.25, -0.2) is 0 Å². The number of carbonyl (C=O) groups excluding carboxylic acids is 1. The molecule has 0 spiro atoms. The second kappa shape index (κ2) is 10.3. The molecule has 2 aromatic rings. The lowest BCUT2D eigenvalue weighted by molar-refractivity contribution is -0.108. The van der Waals surface area contributed by atoms with Crippen LogP contribution in [0.15, 0.2) is 54.4 Å². The smallest absolute Gasteiger partial charge is 0.195 e. The Balaban J connectivity index is 2.24. The van der Waals surface area contributed by atoms with Crippen molar-refractivity contribution in [2.75, 3.05) is 23.3 Å². The maximum Gasteiger partial charge on any atom is 0.195 e. The summed E-state index contributed by atoms with van der Waals surface area (Å²) in [5, 5.41) is 6.94. The Hall–Kier alpha value is -1.86. The van der Waals surface area contributed by atoms with E-state index in [9.17, 15) is 4.79 Å². The van der Waals surface area contributed by atoms with Crippen molar-refractivity contribution in [2.45, 2.75) is 6.04 Å². The van der Waals surface area contributed by atoms with Crippen molar-refractivity contribution in [1.82, 2.24) is 5.32 Å². The summed E-state index contributed by atoms with van der Waals surface area (Å²) in [7, 11) is 1.69. The molecule has 2 aromatic carbocycles. The summed E-state index contributed by atoms with van der Waals surface area (Å²) < 4.78 is 9.03. The molecule has 1 unspecified atom stereocenters. The summed E-state index contributed by atoms with van der Waals surface area (Å²) in [6.07, 6.45) is 4.36. The molecule has 138 valence electrons. The van der Waals surface area contributed by atoms with Crippen LogP contribution < -0.4 is 20.1 Å². The highest BCUT2D eigenvalue weighted by atomic mass is 35.5. The zero-order chi connectivity index (χ0) is 18.9. The van der Waals surface area contributed by atoms with Crippen molar-refractivity contribution in [3.63, 3.8) is 0 Å². The average molecular weight is 412 g/mol. The molecular formula is C18H19Cl2N3O2S. The van der Waals surface area contributed by atoms with Crippen LogP contribution in [-0.2, 0) is 4.79 Å². The number of carbonyl (C=O) groups is 1. The number of hydrogen-bond acceptors (Lipinski definition) is 6. The maximum absolute atomic E-state index is 11.2. The van der Waals surface area contributed by atoms with Gasteiger partial charge < -0.3 is 24.9 Å². The monoisotopic (exact) mass is 411 g/mol. The summed E-state index contributed by atoms with van der Waals surface area (Å²) in [5.41, 5.74) is 1.58. The largest absolute Gasteiger partial charge is 0.441 e. The number of likely N-dealkylation sites (N-methyl/N-ethyl adjacent to an activating group) is 1. The first-order valence-corrected chi connectivity index (χ1v) is 9.67. The summed E-state index contributed by atoms with van der Waals surface area (Å²) in [4.78, 5) is 11.2. The lowest BCUT2D eigenvalue weighted by atomic mass is 10.3. The van der Waals surface area contributed by atoms with Gasteiger partial charge in [0.25, 0.3) is 0 Å². The van der Waals surface area contributed by atoms with E-state index in [2.05, 4.69) is 15.4 Å². The molecule has 26 heavy (non-hydrogen) atoms. The molecule has 0 amide bonds. The highest BCUT2D eigenvalue weighted by molar-refractivity contribution is 7.99. The number of hydrogen-bond donors (Lipinski definition) is 3. The summed E-state index contributed by atoms with van der Waals surface area (Å²) in [6, 6.07) is 12.0. The first-order chi connectivity index (χ1) is 12.5. The number of ether oxygens (including phenoxy) is 1. The van der Waals surface area contributed by atoms with Crippen molar-refractivity contribution >= 4 is 52.8 Å². The highest BCUT2D eigenvalue weighted by Gasteiger charge is 2.09. The molecule has 0 saturated carbocycles. The Morgan fingerprint density at radius 3 is 2.50 bits per heavy atom. The van der Waals surface area contributed by atoms with Crippen LogP contribution in [0.25, 0.3) is 0 Å². The Labute approximate surface area is 167 Å². The average Bonchev–Trinajstić information content (AvgIpc) is 2.63. The number of anilines is 2. The van der Waals surface area contributed by atoms with Crippen molar-refractivity contribution in [3.8, 4) is 5.75 Å². The van der Waals surface area contributed by atoms with Gasteiger partial charge >= 0.3 is 0 Å². The minimum absolute atomic E-state index is 0.367. The second-order valence-corrected chi connectivity index (χ2v) is 6.62. The Morgan fingerprint density at radius 1 is 1.19 bits per heavy atom. The van der Waals surface area contributed by atoms with Crippen LogP contribution in [0, 0.1) is 0 Å². The van der Waals surface area contributed by atoms with Gasteiger partial charge in [0.2, 0.25) is 0 Å². The Kier molecular flexibility index (Phi) is 8.12. The number of rotatable bonds is 9. The summed E-state index contributed by atoms with van der Waals surface area (Å²) in [5.74, 6) is 0.979. The molecule has 0 fully saturated rings. The predicted molar refractivity (Wildman–Crippen MR) is 111 cm³/mol. The van der Waals surface area contributed by atoms with Crippen molar-refractivity contribution in [1.29, 1.82) is 0 Å². The third-order valence-corrected chi connectivity index (χ3v) is 4.29. The molecule has 1 atom stereocenters. The van der Waals surface area contributed by atoms with Crippen molar-refractivity contribution in [2.24, 2.45) is 0 Å². The zero-order valence-corrected chi connectivity index (χ0v) is 16.6. The van der Waals surface area contributed by atoms with Crippen LogP contribution in [0.1, 0.15) is 0 Å². The van der Waals surface area contributed by atoms with Gasteiger partial charge in [0, 0.05) is 23.0 Å². The van der Waals surface area contributed by atoms with E-state index in [-0.39, 0.29) is 0 Å². The van der Waals surface area contributed by atoms with Crippen molar-refractivity contribution in [3.05, 3.63) is 64.5 Å². The molecular weight excluding hydrogens is 393 g/mol. The minimum atomic E-state index is -0.513. The molecule has 0 aliphatic heterocycles. The molecule has 0 bridgehead atoms. The van der Waals surface area contributed by atoms with E-state index < -0.39 is 6.04 Å². The molecule has 2 rings (SSSR count). The van der Waals surface area contributed by atoms with E-state index in [1.807, 2.05) is 30.5 Å². The van der Waals surface area contributed by atoms with Crippen LogP contribution in [0.2, 0.25) is 10.0 Å². The Morgan fingerprint density at radius 2 is 1.92 bits per heavy atom. The van der Waals surface area contributed by atoms with Crippen LogP contribution in [0.4, 0.5) is 11.4 Å². The lowest BCUT2D eigenvalue weighted by Crippen LogP contribution is -2.26. The van der Waals surface area contributed by atoms with E-state index in [1.165, 1.54) is 11.9 Å². The van der Waals surface area contributed by atoms with Gasteiger partial charge in [-0.2, -0.15) is 0 Å². The molecule has 8 heteroatoms. The van der Waals surface area contributed by atoms with E-state index in [0.29, 0.717) is 27.4 Å². The minimum Gasteiger partial charge on any atom is -0.441 e. The van der Waals surface area contributed by atoms with Gasteiger partial charge in [-0.15, -0.1) is 0 Å². The van der Waals surface area contributed by atoms with Gasteiger partial charge in [0.15, 0.2) is 5.88 Å². The molecule has 0 heterocycles. The SMILES string of the molecule is CNC(C=O)/C=C(\Nc1ccc(Cl)cc1Cl)Oc1ccc(NSC)cc1. The third-order valence-electron chi connectivity index (χ3n) is 3.30. The molecule has 5 nitrogen and oxygen atoms in total. The van der Waals surface area contributed by atoms with E-state index >= 15 is 0 Å². The molecule has 0 aliphatic carbocycles. The zero-order valence-electron chi connectivity index (χ0n) is 14.3. The van der Waals surface area contributed by atoms with Gasteiger partial charge in [0.05, 0.1) is 16.8 Å². The van der Waals surface area contributed by atoms with Crippen LogP contribution in [0.5, 0.6) is 5.75 Å². The normalized spacial score (nSPS) is 12.4. The number of aldehydes is 1. The fourth-order valence-electron chi connectivity index (χ4n) is 2.01. The quantitative estimate of drug-likeness (QED) is 0.312. The van der Waals surface area contributed by atoms with Gasteiger partial charge in [-0.3, -0.25) is 0 Å². The maximum atomic E-state index is 11.2. The first kappa shape index (κ1) is 20.5. The van der Waals surface area contributed by atoms with Gasteiger partial charge in [-0.05, 0) is 49.5 Å². The highest BCUT2D eigenvalue weighted by Crippen LogP contribution is 2.27. The van der Waals surface area contributed by atoms with Crippen LogP contribution in [-0.4, -0.2) is 25.6 Å². The third kappa shape index (κ3) is 6.14. The lowest BCUT2D eigenvalue weighted by Gasteiger charge is -2.16. The predicted octanol–water partition coefficient (Wildman–Crippen LogP) is 4.80. The molecule has 0 aromatic heterocycles. The van der Waals surface area contributed by atoms with Gasteiger partial charge in [-0.1, -0.05) is 35.1 Å². The molecule has 3 N–H and O–H groups in total. The van der Waals surface area contributed by atoms with Crippen molar-refractivity contribution < 1.29 is 9.53 Å². The van der Waals surface area contributed by atoms with Crippen LogP contribution in [0.3, 0.4) is 0 Å². The molecule has 0 radical (unpaired) electrons. The Bertz CT molecular complexity index is 770. The summed E-state index contributed by atoms with van der Waals surface area (Å²) >= 11 is 13.6. The van der Waals surface area contributed by atoms with E-state index in [4.69, 9.17) is 27.9 Å². The number of nitrogens with one attached hydrogen (secondary N) is 3. The second-order valence-electron chi connectivity index (χ2n) is 5.16. The van der Waals surface area contributed by atoms with Crippen LogP contribution >= 0.6 is 35.1 Å². The molecule has 0 saturated heterocycles.